The topological polar surface area (TPSA) is 49.4 Å². The van der Waals surface area contributed by atoms with Gasteiger partial charge in [0, 0.05) is 0 Å². The summed E-state index contributed by atoms with van der Waals surface area (Å²) in [6.45, 7) is 3.88. The van der Waals surface area contributed by atoms with Crippen LogP contribution in [0.15, 0.2) is 0 Å². The van der Waals surface area contributed by atoms with Crippen molar-refractivity contribution in [1.29, 1.82) is 0 Å². The van der Waals surface area contributed by atoms with Crippen LogP contribution in [0.25, 0.3) is 0 Å². The molecule has 14 heavy (non-hydrogen) atoms. The summed E-state index contributed by atoms with van der Waals surface area (Å²) in [5.41, 5.74) is -0.716. The Morgan fingerprint density at radius 1 is 1.43 bits per heavy atom. The van der Waals surface area contributed by atoms with Gasteiger partial charge < -0.3 is 0 Å². The summed E-state index contributed by atoms with van der Waals surface area (Å²) in [6, 6.07) is -0.367. The molecule has 0 aromatic rings. The van der Waals surface area contributed by atoms with Gasteiger partial charge in [0.2, 0.25) is 0 Å². The fraction of sp³-hybridized carbons (Fsp3) is 0.778. The van der Waals surface area contributed by atoms with E-state index in [9.17, 15) is 9.59 Å². The third kappa shape index (κ3) is 1.92. The minimum Gasteiger partial charge on any atom is -0.275 e. The molecular formula is C9H15BrN2O2. The molecule has 1 fully saturated rings. The van der Waals surface area contributed by atoms with E-state index >= 15 is 0 Å². The molecule has 1 aliphatic heterocycles. The first-order valence-electron chi connectivity index (χ1n) is 4.84. The minimum absolute atomic E-state index is 0.213. The van der Waals surface area contributed by atoms with Crippen LogP contribution in [0.3, 0.4) is 0 Å². The lowest BCUT2D eigenvalue weighted by atomic mass is 9.95. The Hall–Kier alpha value is -0.580. The second kappa shape index (κ2) is 4.29. The van der Waals surface area contributed by atoms with Gasteiger partial charge in [-0.05, 0) is 13.3 Å². The van der Waals surface area contributed by atoms with Crippen LogP contribution in [0.2, 0.25) is 0 Å². The lowest BCUT2D eigenvalue weighted by Crippen LogP contribution is -2.41. The van der Waals surface area contributed by atoms with Crippen molar-refractivity contribution in [3.63, 3.8) is 0 Å². The predicted molar refractivity (Wildman–Crippen MR) is 56.9 cm³/mol. The van der Waals surface area contributed by atoms with Crippen molar-refractivity contribution in [2.75, 3.05) is 0 Å². The van der Waals surface area contributed by atoms with Crippen LogP contribution >= 0.6 is 16.1 Å². The quantitative estimate of drug-likeness (QED) is 0.480. The Bertz CT molecular complexity index is 257. The number of hydrogen-bond acceptors (Lipinski definition) is 2. The molecule has 0 radical (unpaired) electrons. The van der Waals surface area contributed by atoms with Crippen LogP contribution in [-0.2, 0) is 4.79 Å². The van der Waals surface area contributed by atoms with Gasteiger partial charge in [0.15, 0.2) is 0 Å². The largest absolute Gasteiger partial charge is 0.335 e. The van der Waals surface area contributed by atoms with E-state index in [1.165, 1.54) is 3.93 Å². The molecule has 1 unspecified atom stereocenters. The maximum absolute atomic E-state index is 11.5. The van der Waals surface area contributed by atoms with E-state index in [0.29, 0.717) is 6.42 Å². The first kappa shape index (κ1) is 11.5. The van der Waals surface area contributed by atoms with Gasteiger partial charge in [0.05, 0.1) is 16.1 Å². The molecule has 0 aromatic heterocycles. The van der Waals surface area contributed by atoms with Crippen molar-refractivity contribution in [2.24, 2.45) is 0 Å². The summed E-state index contributed by atoms with van der Waals surface area (Å²) in [4.78, 5) is 22.7. The van der Waals surface area contributed by atoms with Gasteiger partial charge in [-0.3, -0.25) is 10.1 Å². The van der Waals surface area contributed by atoms with Gasteiger partial charge in [-0.1, -0.05) is 26.2 Å². The standard InChI is InChI=1S/C9H15BrN2O2/c1-3-4-5-6-9(2)7(13)11-8(14)12(9)10/h3-6H2,1-2H3,(H,11,13,14). The van der Waals surface area contributed by atoms with Crippen LogP contribution in [-0.4, -0.2) is 21.4 Å². The van der Waals surface area contributed by atoms with Crippen molar-refractivity contribution in [3.05, 3.63) is 0 Å². The number of hydrogen-bond donors (Lipinski definition) is 1. The summed E-state index contributed by atoms with van der Waals surface area (Å²) < 4.78 is 1.32. The molecule has 1 atom stereocenters. The van der Waals surface area contributed by atoms with Crippen LogP contribution in [0, 0.1) is 0 Å². The molecule has 1 aliphatic rings. The fourth-order valence-corrected chi connectivity index (χ4v) is 1.95. The molecule has 0 bridgehead atoms. The molecule has 0 spiro atoms. The van der Waals surface area contributed by atoms with E-state index in [1.807, 2.05) is 0 Å². The van der Waals surface area contributed by atoms with Gasteiger partial charge in [0.25, 0.3) is 5.91 Å². The Morgan fingerprint density at radius 2 is 2.07 bits per heavy atom. The zero-order chi connectivity index (χ0) is 10.8. The average Bonchev–Trinajstić information content (AvgIpc) is 2.32. The van der Waals surface area contributed by atoms with Gasteiger partial charge in [-0.25, -0.2) is 8.72 Å². The minimum atomic E-state index is -0.716. The van der Waals surface area contributed by atoms with Gasteiger partial charge in [0.1, 0.15) is 5.54 Å². The maximum atomic E-state index is 11.5. The molecule has 1 heterocycles. The molecule has 1 saturated heterocycles. The number of imide groups is 1. The molecular weight excluding hydrogens is 248 g/mol. The summed E-state index contributed by atoms with van der Waals surface area (Å²) in [5, 5.41) is 2.29. The monoisotopic (exact) mass is 262 g/mol. The second-order valence-electron chi connectivity index (χ2n) is 3.77. The molecule has 80 valence electrons. The van der Waals surface area contributed by atoms with Gasteiger partial charge in [-0.15, -0.1) is 0 Å². The molecule has 5 heteroatoms. The smallest absolute Gasteiger partial charge is 0.275 e. The van der Waals surface area contributed by atoms with Crippen LogP contribution in [0.4, 0.5) is 4.79 Å². The van der Waals surface area contributed by atoms with E-state index in [4.69, 9.17) is 0 Å². The highest BCUT2D eigenvalue weighted by molar-refractivity contribution is 9.07. The van der Waals surface area contributed by atoms with Crippen molar-refractivity contribution in [1.82, 2.24) is 9.24 Å². The van der Waals surface area contributed by atoms with Crippen molar-refractivity contribution >= 4 is 28.1 Å². The zero-order valence-corrected chi connectivity index (χ0v) is 10.1. The molecule has 0 aliphatic carbocycles. The number of carbonyl (C=O) groups is 2. The normalized spacial score (nSPS) is 26.9. The summed E-state index contributed by atoms with van der Waals surface area (Å²) in [6.07, 6.45) is 3.84. The second-order valence-corrected chi connectivity index (χ2v) is 4.48. The van der Waals surface area contributed by atoms with E-state index in [2.05, 4.69) is 28.4 Å². The van der Waals surface area contributed by atoms with Gasteiger partial charge >= 0.3 is 6.03 Å². The van der Waals surface area contributed by atoms with Crippen LogP contribution in [0.1, 0.15) is 39.5 Å². The van der Waals surface area contributed by atoms with E-state index in [0.717, 1.165) is 19.3 Å². The van der Waals surface area contributed by atoms with Crippen LogP contribution < -0.4 is 5.32 Å². The number of amides is 3. The highest BCUT2D eigenvalue weighted by Gasteiger charge is 2.47. The molecule has 4 nitrogen and oxygen atoms in total. The Balaban J connectivity index is 2.62. The SMILES string of the molecule is CCCCCC1(C)C(=O)NC(=O)N1Br. The highest BCUT2D eigenvalue weighted by atomic mass is 79.9. The number of unbranched alkanes of at least 4 members (excludes halogenated alkanes) is 2. The Labute approximate surface area is 92.4 Å². The number of carbonyl (C=O) groups excluding carboxylic acids is 2. The van der Waals surface area contributed by atoms with Gasteiger partial charge in [-0.2, -0.15) is 0 Å². The molecule has 1 N–H and O–H groups in total. The molecule has 3 amide bonds. The molecule has 1 rings (SSSR count). The predicted octanol–water partition coefficient (Wildman–Crippen LogP) is 2.19. The maximum Gasteiger partial charge on any atom is 0.335 e. The van der Waals surface area contributed by atoms with E-state index in [1.54, 1.807) is 6.92 Å². The highest BCUT2D eigenvalue weighted by Crippen LogP contribution is 2.30. The number of nitrogens with zero attached hydrogens (tertiary/aromatic N) is 1. The average molecular weight is 263 g/mol. The van der Waals surface area contributed by atoms with E-state index in [-0.39, 0.29) is 11.9 Å². The number of halogens is 1. The third-order valence-electron chi connectivity index (χ3n) is 2.59. The lowest BCUT2D eigenvalue weighted by Gasteiger charge is -2.25. The zero-order valence-electron chi connectivity index (χ0n) is 8.47. The summed E-state index contributed by atoms with van der Waals surface area (Å²) in [5.74, 6) is -0.213. The van der Waals surface area contributed by atoms with Crippen molar-refractivity contribution in [2.45, 2.75) is 45.1 Å². The number of rotatable bonds is 4. The summed E-state index contributed by atoms with van der Waals surface area (Å²) in [7, 11) is 0. The first-order valence-corrected chi connectivity index (χ1v) is 5.54. The first-order chi connectivity index (χ1) is 6.52. The third-order valence-corrected chi connectivity index (χ3v) is 3.69. The molecule has 0 aromatic carbocycles. The fourth-order valence-electron chi connectivity index (χ4n) is 1.53. The van der Waals surface area contributed by atoms with Crippen molar-refractivity contribution in [3.8, 4) is 0 Å². The van der Waals surface area contributed by atoms with E-state index < -0.39 is 5.54 Å². The number of urea groups is 1. The lowest BCUT2D eigenvalue weighted by molar-refractivity contribution is -0.124. The van der Waals surface area contributed by atoms with Crippen LogP contribution in [0.5, 0.6) is 0 Å². The Kier molecular flexibility index (Phi) is 3.53. The molecule has 0 saturated carbocycles. The Morgan fingerprint density at radius 3 is 2.50 bits per heavy atom. The van der Waals surface area contributed by atoms with Crippen molar-refractivity contribution < 1.29 is 9.59 Å². The summed E-state index contributed by atoms with van der Waals surface area (Å²) >= 11 is 3.12. The number of nitrogens with one attached hydrogen (secondary N) is 1.